The minimum absolute atomic E-state index is 0.193. The van der Waals surface area contributed by atoms with E-state index in [1.165, 1.54) is 16.9 Å². The molecule has 0 spiro atoms. The number of anilines is 1. The van der Waals surface area contributed by atoms with Crippen molar-refractivity contribution < 1.29 is 19.4 Å². The first-order chi connectivity index (χ1) is 16.5. The molecule has 3 N–H and O–H groups in total. The molecule has 0 radical (unpaired) electrons. The highest BCUT2D eigenvalue weighted by Gasteiger charge is 2.22. The number of carbonyl (C=O) groups is 2. The fourth-order valence-corrected chi connectivity index (χ4v) is 4.81. The molecule has 1 aromatic carbocycles. The topological polar surface area (TPSA) is 101 Å². The van der Waals surface area contributed by atoms with Crippen LogP contribution in [0.3, 0.4) is 0 Å². The van der Waals surface area contributed by atoms with E-state index in [1.807, 2.05) is 36.6 Å². The van der Waals surface area contributed by atoms with E-state index in [0.717, 1.165) is 47.8 Å². The average molecular weight is 480 g/mol. The Balaban J connectivity index is 1.29. The summed E-state index contributed by atoms with van der Waals surface area (Å²) in [4.78, 5) is 29.9. The first kappa shape index (κ1) is 23.8. The minimum Gasteiger partial charge on any atom is -0.493 e. The number of nitrogens with one attached hydrogen (secondary N) is 2. The third-order valence-electron chi connectivity index (χ3n) is 5.86. The summed E-state index contributed by atoms with van der Waals surface area (Å²) in [6.07, 6.45) is 3.84. The van der Waals surface area contributed by atoms with E-state index in [4.69, 9.17) is 4.74 Å². The molecule has 8 heteroatoms. The third-order valence-corrected chi connectivity index (χ3v) is 6.92. The highest BCUT2D eigenvalue weighted by molar-refractivity contribution is 7.10. The van der Waals surface area contributed by atoms with E-state index < -0.39 is 12.0 Å². The summed E-state index contributed by atoms with van der Waals surface area (Å²) in [5, 5.41) is 17.5. The predicted octanol–water partition coefficient (Wildman–Crippen LogP) is 4.11. The van der Waals surface area contributed by atoms with Crippen molar-refractivity contribution in [3.8, 4) is 5.75 Å². The number of aryl methyl sites for hydroxylation is 2. The number of nitrogens with zero attached hydrogens (tertiary/aromatic N) is 1. The molecule has 0 fully saturated rings. The van der Waals surface area contributed by atoms with E-state index >= 15 is 0 Å². The van der Waals surface area contributed by atoms with Crippen LogP contribution in [-0.4, -0.2) is 41.2 Å². The van der Waals surface area contributed by atoms with Crippen LogP contribution in [0.2, 0.25) is 0 Å². The van der Waals surface area contributed by atoms with Gasteiger partial charge in [0.2, 0.25) is 0 Å². The van der Waals surface area contributed by atoms with Crippen molar-refractivity contribution in [2.75, 3.05) is 18.5 Å². The van der Waals surface area contributed by atoms with Crippen molar-refractivity contribution in [3.63, 3.8) is 0 Å². The number of benzene rings is 1. The lowest BCUT2D eigenvalue weighted by Crippen LogP contribution is -2.42. The van der Waals surface area contributed by atoms with Crippen molar-refractivity contribution in [2.24, 2.45) is 0 Å². The van der Waals surface area contributed by atoms with Crippen LogP contribution in [0.25, 0.3) is 0 Å². The number of aromatic nitrogens is 1. The van der Waals surface area contributed by atoms with Crippen molar-refractivity contribution in [1.29, 1.82) is 0 Å². The van der Waals surface area contributed by atoms with Gasteiger partial charge in [0, 0.05) is 30.0 Å². The number of hydrogen-bond acceptors (Lipinski definition) is 6. The number of carboxylic acids is 1. The normalized spacial score (nSPS) is 13.4. The Morgan fingerprint density at radius 3 is 2.79 bits per heavy atom. The van der Waals surface area contributed by atoms with Gasteiger partial charge in [-0.2, -0.15) is 0 Å². The molecule has 0 aliphatic carbocycles. The summed E-state index contributed by atoms with van der Waals surface area (Å²) in [6.45, 7) is 3.44. The van der Waals surface area contributed by atoms with Crippen LogP contribution in [0.5, 0.6) is 5.75 Å². The Morgan fingerprint density at radius 1 is 1.21 bits per heavy atom. The van der Waals surface area contributed by atoms with Crippen LogP contribution in [0.1, 0.15) is 45.4 Å². The number of hydrogen-bond donors (Lipinski definition) is 3. The van der Waals surface area contributed by atoms with Gasteiger partial charge in [-0.15, -0.1) is 11.3 Å². The summed E-state index contributed by atoms with van der Waals surface area (Å²) < 4.78 is 5.86. The number of rotatable bonds is 10. The van der Waals surface area contributed by atoms with E-state index in [-0.39, 0.29) is 12.3 Å². The Kier molecular flexibility index (Phi) is 7.80. The number of aliphatic carboxylic acids is 1. The molecule has 3 aromatic rings. The SMILES string of the molecule is CCc1sccc1C(=O)N[C@@H](Cc1ccc(OCCc2ccc3c(n2)NCCC3)cc1)C(=O)O. The molecule has 0 saturated heterocycles. The van der Waals surface area contributed by atoms with Gasteiger partial charge in [-0.05, 0) is 60.0 Å². The molecule has 2 aromatic heterocycles. The summed E-state index contributed by atoms with van der Waals surface area (Å²) >= 11 is 1.50. The van der Waals surface area contributed by atoms with Gasteiger partial charge in [-0.1, -0.05) is 25.1 Å². The van der Waals surface area contributed by atoms with Gasteiger partial charge < -0.3 is 20.5 Å². The molecule has 34 heavy (non-hydrogen) atoms. The summed E-state index contributed by atoms with van der Waals surface area (Å²) in [7, 11) is 0. The lowest BCUT2D eigenvalue weighted by atomic mass is 10.1. The monoisotopic (exact) mass is 479 g/mol. The van der Waals surface area contributed by atoms with Crippen molar-refractivity contribution >= 4 is 29.0 Å². The van der Waals surface area contributed by atoms with Gasteiger partial charge in [0.25, 0.3) is 5.91 Å². The van der Waals surface area contributed by atoms with Crippen LogP contribution >= 0.6 is 11.3 Å². The van der Waals surface area contributed by atoms with Crippen molar-refractivity contribution in [1.82, 2.24) is 10.3 Å². The Bertz CT molecular complexity index is 1140. The van der Waals surface area contributed by atoms with Crippen LogP contribution in [0.15, 0.2) is 47.8 Å². The second-order valence-electron chi connectivity index (χ2n) is 8.26. The van der Waals surface area contributed by atoms with Crippen LogP contribution in [0, 0.1) is 0 Å². The van der Waals surface area contributed by atoms with Crippen LogP contribution in [-0.2, 0) is 30.5 Å². The lowest BCUT2D eigenvalue weighted by Gasteiger charge is -2.17. The predicted molar refractivity (Wildman–Crippen MR) is 133 cm³/mol. The van der Waals surface area contributed by atoms with E-state index in [2.05, 4.69) is 27.8 Å². The van der Waals surface area contributed by atoms with E-state index in [1.54, 1.807) is 6.07 Å². The summed E-state index contributed by atoms with van der Waals surface area (Å²) in [6, 6.07) is 12.2. The highest BCUT2D eigenvalue weighted by atomic mass is 32.1. The quantitative estimate of drug-likeness (QED) is 0.405. The molecular formula is C26H29N3O4S. The maximum atomic E-state index is 12.6. The minimum atomic E-state index is -1.06. The number of thiophene rings is 1. The molecule has 1 aliphatic rings. The molecule has 0 bridgehead atoms. The molecule has 3 heterocycles. The fraction of sp³-hybridized carbons (Fsp3) is 0.346. The molecule has 178 valence electrons. The number of fused-ring (bicyclic) bond motifs is 1. The fourth-order valence-electron chi connectivity index (χ4n) is 3.99. The summed E-state index contributed by atoms with van der Waals surface area (Å²) in [5.74, 6) is 0.283. The maximum Gasteiger partial charge on any atom is 0.326 e. The Morgan fingerprint density at radius 2 is 2.03 bits per heavy atom. The maximum absolute atomic E-state index is 12.6. The largest absolute Gasteiger partial charge is 0.493 e. The lowest BCUT2D eigenvalue weighted by molar-refractivity contribution is -0.139. The number of carboxylic acid groups (broad SMARTS) is 1. The van der Waals surface area contributed by atoms with Crippen LogP contribution < -0.4 is 15.4 Å². The molecule has 1 amide bonds. The van der Waals surface area contributed by atoms with Gasteiger partial charge in [-0.25, -0.2) is 9.78 Å². The van der Waals surface area contributed by atoms with Crippen molar-refractivity contribution in [2.45, 2.75) is 45.1 Å². The second-order valence-corrected chi connectivity index (χ2v) is 9.26. The van der Waals surface area contributed by atoms with E-state index in [9.17, 15) is 14.7 Å². The molecule has 1 atom stereocenters. The zero-order valence-corrected chi connectivity index (χ0v) is 20.0. The smallest absolute Gasteiger partial charge is 0.326 e. The number of pyridine rings is 1. The number of amides is 1. The van der Waals surface area contributed by atoms with Crippen molar-refractivity contribution in [3.05, 3.63) is 75.1 Å². The number of ether oxygens (including phenoxy) is 1. The van der Waals surface area contributed by atoms with Crippen LogP contribution in [0.4, 0.5) is 5.82 Å². The van der Waals surface area contributed by atoms with Gasteiger partial charge >= 0.3 is 5.97 Å². The number of carbonyl (C=O) groups excluding carboxylic acids is 1. The zero-order chi connectivity index (χ0) is 23.9. The van der Waals surface area contributed by atoms with Gasteiger partial charge in [0.05, 0.1) is 12.2 Å². The Labute approximate surface area is 203 Å². The standard InChI is InChI=1S/C26H29N3O4S/c1-2-23-21(12-15-34-23)25(30)29-22(26(31)32)16-17-5-9-20(10-6-17)33-14-11-19-8-7-18-4-3-13-27-24(18)28-19/h5-10,12,15,22H,2-4,11,13-14,16H2,1H3,(H,27,28)(H,29,30)(H,31,32)/t22-/m0/s1. The second kappa shape index (κ2) is 11.2. The third kappa shape index (κ3) is 5.94. The first-order valence-electron chi connectivity index (χ1n) is 11.6. The van der Waals surface area contributed by atoms with E-state index in [0.29, 0.717) is 24.3 Å². The van der Waals surface area contributed by atoms with Gasteiger partial charge in [-0.3, -0.25) is 4.79 Å². The Hall–Kier alpha value is -3.39. The molecule has 1 aliphatic heterocycles. The molecule has 0 saturated carbocycles. The molecule has 4 rings (SSSR count). The average Bonchev–Trinajstić information content (AvgIpc) is 3.34. The zero-order valence-electron chi connectivity index (χ0n) is 19.2. The van der Waals surface area contributed by atoms with Gasteiger partial charge in [0.1, 0.15) is 17.6 Å². The molecule has 7 nitrogen and oxygen atoms in total. The van der Waals surface area contributed by atoms with Gasteiger partial charge in [0.15, 0.2) is 0 Å². The first-order valence-corrected chi connectivity index (χ1v) is 12.5. The molecule has 0 unspecified atom stereocenters. The highest BCUT2D eigenvalue weighted by Crippen LogP contribution is 2.21. The molecular weight excluding hydrogens is 450 g/mol. The summed E-state index contributed by atoms with van der Waals surface area (Å²) in [5.41, 5.74) is 3.61.